The fourth-order valence-corrected chi connectivity index (χ4v) is 13.8. The molecule has 0 bridgehead atoms. The zero-order valence-electron chi connectivity index (χ0n) is 65.1. The summed E-state index contributed by atoms with van der Waals surface area (Å²) >= 11 is 0. The number of ether oxygens (including phenoxy) is 4. The van der Waals surface area contributed by atoms with Crippen molar-refractivity contribution in [3.63, 3.8) is 0 Å². The lowest BCUT2D eigenvalue weighted by Gasteiger charge is -2.21. The first-order chi connectivity index (χ1) is 47.6. The number of phosphoric ester groups is 2. The van der Waals surface area contributed by atoms with Crippen molar-refractivity contribution < 1.29 is 80.2 Å². The second-order valence-corrected chi connectivity index (χ2v) is 33.4. The lowest BCUT2D eigenvalue weighted by Crippen LogP contribution is -2.30. The summed E-state index contributed by atoms with van der Waals surface area (Å²) in [6.07, 6.45) is 55.9. The van der Waals surface area contributed by atoms with Crippen LogP contribution in [0.5, 0.6) is 0 Å². The average molecular weight is 1450 g/mol. The van der Waals surface area contributed by atoms with Crippen molar-refractivity contribution in [3.8, 4) is 0 Å². The number of aliphatic hydroxyl groups excluding tert-OH is 1. The van der Waals surface area contributed by atoms with Gasteiger partial charge in [0.25, 0.3) is 0 Å². The Morgan fingerprint density at radius 2 is 0.485 bits per heavy atom. The Labute approximate surface area is 607 Å². The maximum absolute atomic E-state index is 13.1. The van der Waals surface area contributed by atoms with Gasteiger partial charge in [0.2, 0.25) is 0 Å². The Hall–Kier alpha value is -1.94. The van der Waals surface area contributed by atoms with Gasteiger partial charge >= 0.3 is 39.5 Å². The molecule has 0 aromatic heterocycles. The summed E-state index contributed by atoms with van der Waals surface area (Å²) in [5, 5.41) is 10.6. The molecule has 0 aliphatic rings. The van der Waals surface area contributed by atoms with Crippen LogP contribution in [0.15, 0.2) is 0 Å². The van der Waals surface area contributed by atoms with Crippen LogP contribution >= 0.6 is 15.6 Å². The van der Waals surface area contributed by atoms with Crippen molar-refractivity contribution in [2.75, 3.05) is 39.6 Å². The molecule has 0 rings (SSSR count). The van der Waals surface area contributed by atoms with E-state index in [1.54, 1.807) is 0 Å². The molecule has 0 amide bonds. The van der Waals surface area contributed by atoms with Crippen molar-refractivity contribution in [2.24, 2.45) is 23.7 Å². The third-order valence-electron chi connectivity index (χ3n) is 18.9. The third-order valence-corrected chi connectivity index (χ3v) is 20.8. The van der Waals surface area contributed by atoms with E-state index >= 15 is 0 Å². The van der Waals surface area contributed by atoms with E-state index in [4.69, 9.17) is 37.0 Å². The van der Waals surface area contributed by atoms with E-state index in [9.17, 15) is 43.2 Å². The summed E-state index contributed by atoms with van der Waals surface area (Å²) in [5.41, 5.74) is 0. The van der Waals surface area contributed by atoms with Crippen LogP contribution in [0.25, 0.3) is 0 Å². The van der Waals surface area contributed by atoms with Gasteiger partial charge < -0.3 is 33.8 Å². The minimum Gasteiger partial charge on any atom is -0.462 e. The average Bonchev–Trinajstić information content (AvgIpc) is 0.968. The summed E-state index contributed by atoms with van der Waals surface area (Å²) in [7, 11) is -9.92. The fraction of sp³-hybridized carbons (Fsp3) is 0.950. The monoisotopic (exact) mass is 1450 g/mol. The van der Waals surface area contributed by atoms with Crippen LogP contribution in [-0.4, -0.2) is 96.7 Å². The molecule has 3 unspecified atom stereocenters. The molecular weight excluding hydrogens is 1290 g/mol. The zero-order valence-corrected chi connectivity index (χ0v) is 66.9. The summed E-state index contributed by atoms with van der Waals surface area (Å²) in [6.45, 7) is 14.2. The van der Waals surface area contributed by atoms with E-state index in [1.807, 2.05) is 0 Å². The smallest absolute Gasteiger partial charge is 0.462 e. The number of unbranched alkanes of at least 4 members (excludes halogenated alkanes) is 42. The third kappa shape index (κ3) is 72.8. The summed E-state index contributed by atoms with van der Waals surface area (Å²) in [5.74, 6) is 0.938. The highest BCUT2D eigenvalue weighted by atomic mass is 31.2. The Bertz CT molecular complexity index is 1940. The zero-order chi connectivity index (χ0) is 73.1. The molecule has 0 saturated carbocycles. The van der Waals surface area contributed by atoms with E-state index in [2.05, 4.69) is 55.4 Å². The van der Waals surface area contributed by atoms with Crippen molar-refractivity contribution >= 4 is 39.5 Å². The highest BCUT2D eigenvalue weighted by molar-refractivity contribution is 7.47. The molecule has 0 saturated heterocycles. The molecule has 0 radical (unpaired) electrons. The minimum absolute atomic E-state index is 0.106. The second kappa shape index (κ2) is 69.1. The van der Waals surface area contributed by atoms with Crippen LogP contribution in [0.1, 0.15) is 409 Å². The van der Waals surface area contributed by atoms with Crippen molar-refractivity contribution in [1.82, 2.24) is 0 Å². The van der Waals surface area contributed by atoms with Crippen molar-refractivity contribution in [1.29, 1.82) is 0 Å². The molecule has 17 nitrogen and oxygen atoms in total. The van der Waals surface area contributed by atoms with Crippen LogP contribution in [-0.2, 0) is 65.4 Å². The first kappa shape index (κ1) is 97.1. The van der Waals surface area contributed by atoms with Crippen molar-refractivity contribution in [2.45, 2.75) is 427 Å². The van der Waals surface area contributed by atoms with Gasteiger partial charge in [0, 0.05) is 25.7 Å². The lowest BCUT2D eigenvalue weighted by molar-refractivity contribution is -0.161. The van der Waals surface area contributed by atoms with E-state index in [-0.39, 0.29) is 25.7 Å². The highest BCUT2D eigenvalue weighted by Crippen LogP contribution is 2.45. The molecule has 0 spiro atoms. The molecule has 0 aliphatic heterocycles. The highest BCUT2D eigenvalue weighted by Gasteiger charge is 2.30. The van der Waals surface area contributed by atoms with E-state index < -0.39 is 97.5 Å². The number of rotatable bonds is 77. The molecule has 0 heterocycles. The second-order valence-electron chi connectivity index (χ2n) is 30.5. The standard InChI is InChI=1S/C80H156O17P2/c1-9-73(8)59-51-43-34-28-24-20-16-12-10-11-13-17-21-25-29-35-46-54-63-80(85)97-76(67-91-78(83)61-53-45-39-38-42-50-58-72(6)7)69-95-99(88,89)93-65-74(81)64-92-98(86,87)94-68-75(66-90-77(82)60-52-44-37-31-33-41-49-57-71(4)5)96-79(84)62-55-47-36-30-26-22-18-14-15-19-23-27-32-40-48-56-70(2)3/h70-76,81H,9-69H2,1-8H3,(H,86,87)(H,88,89)/t73?,74-,75-,76-/m1/s1. The van der Waals surface area contributed by atoms with Gasteiger partial charge in [0.1, 0.15) is 19.3 Å². The quantitative estimate of drug-likeness (QED) is 0.0222. The summed E-state index contributed by atoms with van der Waals surface area (Å²) in [6, 6.07) is 0. The molecule has 0 fully saturated rings. The van der Waals surface area contributed by atoms with Gasteiger partial charge in [-0.15, -0.1) is 0 Å². The van der Waals surface area contributed by atoms with Crippen LogP contribution in [0.3, 0.4) is 0 Å². The van der Waals surface area contributed by atoms with Gasteiger partial charge in [-0.25, -0.2) is 9.13 Å². The SMILES string of the molecule is CCC(C)CCCCCCCCCCCCCCCCCCCCC(=O)O[C@H](COC(=O)CCCCCCCCC(C)C)COP(=O)(O)OC[C@H](O)COP(=O)(O)OC[C@@H](COC(=O)CCCCCCCCCC(C)C)OC(=O)CCCCCCCCCCCCCCCCCC(C)C. The van der Waals surface area contributed by atoms with Gasteiger partial charge in [-0.3, -0.25) is 37.3 Å². The van der Waals surface area contributed by atoms with Gasteiger partial charge in [-0.1, -0.05) is 357 Å². The van der Waals surface area contributed by atoms with Crippen LogP contribution in [0.2, 0.25) is 0 Å². The van der Waals surface area contributed by atoms with Gasteiger partial charge in [0.15, 0.2) is 12.2 Å². The van der Waals surface area contributed by atoms with Crippen molar-refractivity contribution in [3.05, 3.63) is 0 Å². The maximum atomic E-state index is 13.1. The molecule has 588 valence electrons. The first-order valence-electron chi connectivity index (χ1n) is 41.2. The number of phosphoric acid groups is 2. The predicted molar refractivity (Wildman–Crippen MR) is 404 cm³/mol. The number of carbonyl (C=O) groups excluding carboxylic acids is 4. The number of carbonyl (C=O) groups is 4. The normalized spacial score (nSPS) is 14.3. The van der Waals surface area contributed by atoms with E-state index in [1.165, 1.54) is 199 Å². The van der Waals surface area contributed by atoms with Gasteiger partial charge in [-0.05, 0) is 49.4 Å². The number of aliphatic hydroxyl groups is 1. The summed E-state index contributed by atoms with van der Waals surface area (Å²) in [4.78, 5) is 72.8. The van der Waals surface area contributed by atoms with E-state index in [0.29, 0.717) is 37.5 Å². The fourth-order valence-electron chi connectivity index (χ4n) is 12.2. The minimum atomic E-state index is -4.96. The Balaban J connectivity index is 5.14. The maximum Gasteiger partial charge on any atom is 0.472 e. The Morgan fingerprint density at radius 1 is 0.283 bits per heavy atom. The van der Waals surface area contributed by atoms with E-state index in [0.717, 1.165) is 115 Å². The Kier molecular flexibility index (Phi) is 67.8. The molecule has 0 aliphatic carbocycles. The molecule has 6 atom stereocenters. The van der Waals surface area contributed by atoms with Crippen LogP contribution in [0.4, 0.5) is 0 Å². The van der Waals surface area contributed by atoms with Gasteiger partial charge in [-0.2, -0.15) is 0 Å². The van der Waals surface area contributed by atoms with Crippen LogP contribution < -0.4 is 0 Å². The topological polar surface area (TPSA) is 237 Å². The molecule has 19 heteroatoms. The summed E-state index contributed by atoms with van der Waals surface area (Å²) < 4.78 is 68.6. The lowest BCUT2D eigenvalue weighted by atomic mass is 9.99. The predicted octanol–water partition coefficient (Wildman–Crippen LogP) is 23.6. The first-order valence-corrected chi connectivity index (χ1v) is 44.2. The number of hydrogen-bond acceptors (Lipinski definition) is 15. The number of esters is 4. The molecular formula is C80H156O17P2. The molecule has 0 aromatic rings. The Morgan fingerprint density at radius 3 is 0.717 bits per heavy atom. The largest absolute Gasteiger partial charge is 0.472 e. The molecule has 3 N–H and O–H groups in total. The molecule has 99 heavy (non-hydrogen) atoms. The van der Waals surface area contributed by atoms with Gasteiger partial charge in [0.05, 0.1) is 26.4 Å². The van der Waals surface area contributed by atoms with Crippen LogP contribution in [0, 0.1) is 23.7 Å². The molecule has 0 aromatic carbocycles. The number of hydrogen-bond donors (Lipinski definition) is 3.